The molecule has 0 amide bonds. The number of hydrogen-bond donors (Lipinski definition) is 0. The Morgan fingerprint density at radius 3 is 2.69 bits per heavy atom. The van der Waals surface area contributed by atoms with Crippen molar-refractivity contribution in [2.24, 2.45) is 5.92 Å². The van der Waals surface area contributed by atoms with Gasteiger partial charge >= 0.3 is 5.97 Å². The largest absolute Gasteiger partial charge is 0.462 e. The van der Waals surface area contributed by atoms with Gasteiger partial charge in [-0.1, -0.05) is 54.6 Å². The van der Waals surface area contributed by atoms with Crippen LogP contribution in [0.4, 0.5) is 0 Å². The van der Waals surface area contributed by atoms with Gasteiger partial charge in [-0.15, -0.1) is 17.9 Å². The molecule has 0 atom stereocenters. The van der Waals surface area contributed by atoms with E-state index in [0.717, 1.165) is 36.8 Å². The summed E-state index contributed by atoms with van der Waals surface area (Å²) in [5.74, 6) is 0.594. The van der Waals surface area contributed by atoms with Gasteiger partial charge < -0.3 is 4.74 Å². The number of rotatable bonds is 7. The molecule has 1 fully saturated rings. The number of allylic oxidation sites excluding steroid dienone is 1. The minimum atomic E-state index is -0.249. The maximum Gasteiger partial charge on any atom is 0.316 e. The van der Waals surface area contributed by atoms with Crippen LogP contribution in [0.5, 0.6) is 0 Å². The van der Waals surface area contributed by atoms with Gasteiger partial charge in [0.1, 0.15) is 10.9 Å². The fraction of sp³-hybridized carbons (Fsp3) is 0.400. The minimum Gasteiger partial charge on any atom is -0.462 e. The van der Waals surface area contributed by atoms with Gasteiger partial charge in [-0.05, 0) is 44.1 Å². The van der Waals surface area contributed by atoms with E-state index < -0.39 is 0 Å². The molecule has 0 spiro atoms. The minimum absolute atomic E-state index is 0.0134. The first kappa shape index (κ1) is 22.8. The van der Waals surface area contributed by atoms with Crippen LogP contribution in [-0.2, 0) is 16.1 Å². The number of benzene rings is 1. The van der Waals surface area contributed by atoms with Crippen LogP contribution in [0.15, 0.2) is 52.3 Å². The normalized spacial score (nSPS) is 18.6. The Morgan fingerprint density at radius 1 is 1.28 bits per heavy atom. The number of nitrogens with zero attached hydrogens (tertiary/aromatic N) is 2. The number of esters is 1. The molecule has 0 N–H and O–H groups in total. The van der Waals surface area contributed by atoms with E-state index in [0.29, 0.717) is 27.8 Å². The van der Waals surface area contributed by atoms with Crippen molar-refractivity contribution in [1.29, 1.82) is 0 Å². The molecule has 0 unspecified atom stereocenters. The fourth-order valence-electron chi connectivity index (χ4n) is 4.04. The summed E-state index contributed by atoms with van der Waals surface area (Å²) in [5.41, 5.74) is 2.95. The van der Waals surface area contributed by atoms with Gasteiger partial charge in [-0.3, -0.25) is 14.2 Å². The molecule has 1 saturated carbocycles. The third-order valence-corrected chi connectivity index (χ3v) is 7.74. The summed E-state index contributed by atoms with van der Waals surface area (Å²) in [6.07, 6.45) is 5.76. The Balaban J connectivity index is 1.57. The van der Waals surface area contributed by atoms with Gasteiger partial charge in [0.05, 0.1) is 11.1 Å². The quantitative estimate of drug-likeness (QED) is 0.189. The van der Waals surface area contributed by atoms with E-state index in [1.807, 2.05) is 36.6 Å². The third-order valence-electron chi connectivity index (χ3n) is 5.91. The van der Waals surface area contributed by atoms with Crippen LogP contribution in [0, 0.1) is 12.8 Å². The zero-order valence-electron chi connectivity index (χ0n) is 18.5. The van der Waals surface area contributed by atoms with Gasteiger partial charge in [-0.25, -0.2) is 4.98 Å². The Kier molecular flexibility index (Phi) is 7.16. The van der Waals surface area contributed by atoms with Crippen LogP contribution in [0.1, 0.15) is 38.2 Å². The van der Waals surface area contributed by atoms with E-state index in [2.05, 4.69) is 13.5 Å². The van der Waals surface area contributed by atoms with E-state index in [-0.39, 0.29) is 23.4 Å². The zero-order chi connectivity index (χ0) is 22.7. The third kappa shape index (κ3) is 4.99. The highest BCUT2D eigenvalue weighted by atomic mass is 32.2. The second kappa shape index (κ2) is 10.0. The number of thioether (sulfide) groups is 1. The molecule has 168 valence electrons. The average molecular weight is 469 g/mol. The first-order valence-electron chi connectivity index (χ1n) is 11.0. The van der Waals surface area contributed by atoms with Crippen molar-refractivity contribution in [3.63, 3.8) is 0 Å². The summed E-state index contributed by atoms with van der Waals surface area (Å²) in [5, 5.41) is 3.12. The first-order valence-corrected chi connectivity index (χ1v) is 12.8. The molecule has 3 aromatic rings. The molecular formula is C25H28N2O3S2. The molecule has 0 radical (unpaired) electrons. The molecule has 4 rings (SSSR count). The average Bonchev–Trinajstić information content (AvgIpc) is 3.21. The Labute approximate surface area is 196 Å². The monoisotopic (exact) mass is 468 g/mol. The van der Waals surface area contributed by atoms with E-state index in [1.54, 1.807) is 10.6 Å². The Morgan fingerprint density at radius 2 is 2.00 bits per heavy atom. The molecule has 0 saturated heterocycles. The number of aromatic nitrogens is 2. The zero-order valence-corrected chi connectivity index (χ0v) is 20.1. The van der Waals surface area contributed by atoms with Crippen molar-refractivity contribution < 1.29 is 9.53 Å². The standard InChI is InChI=1S/C25H28N2O3S2/c1-4-13-27-24(29)22-20(18-9-5-16(2)6-10-18)14-31-23(22)26-25(27)32-15-21(28)30-19-11-7-17(3)8-12-19/h4-6,9-10,14,17,19H,1,7-8,11-13,15H2,2-3H3. The number of fused-ring (bicyclic) bond motifs is 1. The summed E-state index contributed by atoms with van der Waals surface area (Å²) < 4.78 is 7.26. The number of carbonyl (C=O) groups is 1. The lowest BCUT2D eigenvalue weighted by atomic mass is 9.89. The van der Waals surface area contributed by atoms with Gasteiger partial charge in [0.2, 0.25) is 0 Å². The number of aryl methyl sites for hydroxylation is 1. The molecule has 1 aromatic carbocycles. The summed E-state index contributed by atoms with van der Waals surface area (Å²) in [6.45, 7) is 8.40. The summed E-state index contributed by atoms with van der Waals surface area (Å²) in [7, 11) is 0. The van der Waals surface area contributed by atoms with Gasteiger partial charge in [0.25, 0.3) is 5.56 Å². The van der Waals surface area contributed by atoms with E-state index in [9.17, 15) is 9.59 Å². The molecule has 2 aromatic heterocycles. The maximum atomic E-state index is 13.4. The molecule has 0 bridgehead atoms. The molecule has 0 aliphatic heterocycles. The molecule has 32 heavy (non-hydrogen) atoms. The molecule has 7 heteroatoms. The summed E-state index contributed by atoms with van der Waals surface area (Å²) in [6, 6.07) is 8.13. The second-order valence-corrected chi connectivity index (χ2v) is 10.3. The van der Waals surface area contributed by atoms with Crippen molar-refractivity contribution in [3.05, 3.63) is 58.2 Å². The van der Waals surface area contributed by atoms with Crippen molar-refractivity contribution in [3.8, 4) is 11.1 Å². The predicted molar refractivity (Wildman–Crippen MR) is 132 cm³/mol. The molecule has 2 heterocycles. The lowest BCUT2D eigenvalue weighted by Crippen LogP contribution is -2.25. The van der Waals surface area contributed by atoms with Crippen molar-refractivity contribution in [1.82, 2.24) is 9.55 Å². The number of thiophene rings is 1. The molecule has 1 aliphatic rings. The van der Waals surface area contributed by atoms with Crippen LogP contribution in [0.25, 0.3) is 21.3 Å². The van der Waals surface area contributed by atoms with Crippen LogP contribution < -0.4 is 5.56 Å². The highest BCUT2D eigenvalue weighted by Crippen LogP contribution is 2.32. The summed E-state index contributed by atoms with van der Waals surface area (Å²) >= 11 is 2.71. The predicted octanol–water partition coefficient (Wildman–Crippen LogP) is 5.83. The summed E-state index contributed by atoms with van der Waals surface area (Å²) in [4.78, 5) is 31.2. The Bertz CT molecular complexity index is 1170. The highest BCUT2D eigenvalue weighted by molar-refractivity contribution is 7.99. The maximum absolute atomic E-state index is 13.4. The first-order chi connectivity index (χ1) is 15.5. The van der Waals surface area contributed by atoms with Gasteiger partial charge in [0, 0.05) is 17.5 Å². The van der Waals surface area contributed by atoms with Crippen LogP contribution in [-0.4, -0.2) is 27.4 Å². The number of ether oxygens (including phenoxy) is 1. The second-order valence-electron chi connectivity index (χ2n) is 8.45. The molecule has 5 nitrogen and oxygen atoms in total. The topological polar surface area (TPSA) is 61.2 Å². The molecule has 1 aliphatic carbocycles. The van der Waals surface area contributed by atoms with Crippen LogP contribution in [0.3, 0.4) is 0 Å². The Hall–Kier alpha value is -2.38. The van der Waals surface area contributed by atoms with E-state index >= 15 is 0 Å². The van der Waals surface area contributed by atoms with Crippen LogP contribution >= 0.6 is 23.1 Å². The van der Waals surface area contributed by atoms with E-state index in [4.69, 9.17) is 9.72 Å². The smallest absolute Gasteiger partial charge is 0.316 e. The lowest BCUT2D eigenvalue weighted by molar-refractivity contribution is -0.147. The highest BCUT2D eigenvalue weighted by Gasteiger charge is 2.22. The number of hydrogen-bond acceptors (Lipinski definition) is 6. The SMILES string of the molecule is C=CCn1c(SCC(=O)OC2CCC(C)CC2)nc2scc(-c3ccc(C)cc3)c2c1=O. The van der Waals surface area contributed by atoms with Gasteiger partial charge in [0.15, 0.2) is 5.16 Å². The van der Waals surface area contributed by atoms with Crippen molar-refractivity contribution in [2.75, 3.05) is 5.75 Å². The number of carbonyl (C=O) groups excluding carboxylic acids is 1. The van der Waals surface area contributed by atoms with Gasteiger partial charge in [-0.2, -0.15) is 0 Å². The van der Waals surface area contributed by atoms with Crippen molar-refractivity contribution in [2.45, 2.75) is 57.3 Å². The fourth-order valence-corrected chi connectivity index (χ4v) is 5.82. The van der Waals surface area contributed by atoms with Crippen molar-refractivity contribution >= 4 is 39.3 Å². The van der Waals surface area contributed by atoms with E-state index in [1.165, 1.54) is 28.7 Å². The van der Waals surface area contributed by atoms with Crippen LogP contribution in [0.2, 0.25) is 0 Å². The molecular weight excluding hydrogens is 440 g/mol. The lowest BCUT2D eigenvalue weighted by Gasteiger charge is -2.25.